The largest absolute Gasteiger partial charge is 0.308 e. The van der Waals surface area contributed by atoms with Gasteiger partial charge in [0.05, 0.1) is 11.2 Å². The first kappa shape index (κ1) is 14.5. The predicted octanol–water partition coefficient (Wildman–Crippen LogP) is 4.28. The maximum absolute atomic E-state index is 5.11. The highest BCUT2D eigenvalue weighted by molar-refractivity contribution is 7.11. The first-order valence-electron chi connectivity index (χ1n) is 8.35. The normalized spacial score (nSPS) is 30.5. The maximum atomic E-state index is 5.11. The Balaban J connectivity index is 1.99. The van der Waals surface area contributed by atoms with Crippen molar-refractivity contribution in [2.24, 2.45) is 11.8 Å². The van der Waals surface area contributed by atoms with Gasteiger partial charge in [0.2, 0.25) is 0 Å². The molecule has 0 radical (unpaired) electrons. The molecule has 0 amide bonds. The number of fused-ring (bicyclic) bond motifs is 1. The van der Waals surface area contributed by atoms with E-state index >= 15 is 0 Å². The summed E-state index contributed by atoms with van der Waals surface area (Å²) in [4.78, 5) is 6.68. The Morgan fingerprint density at radius 2 is 2.00 bits per heavy atom. The number of nitrogens with zero attached hydrogens (tertiary/aromatic N) is 1. The summed E-state index contributed by atoms with van der Waals surface area (Å²) in [6.45, 7) is 4.77. The van der Waals surface area contributed by atoms with Crippen molar-refractivity contribution in [2.75, 3.05) is 7.05 Å². The average molecular weight is 292 g/mol. The van der Waals surface area contributed by atoms with Crippen LogP contribution < -0.4 is 5.32 Å². The molecule has 2 atom stereocenters. The van der Waals surface area contributed by atoms with Crippen LogP contribution in [0.4, 0.5) is 0 Å². The highest BCUT2D eigenvalue weighted by atomic mass is 32.1. The van der Waals surface area contributed by atoms with E-state index in [1.54, 1.807) is 4.88 Å². The molecule has 2 nitrogen and oxygen atoms in total. The molecule has 2 aliphatic carbocycles. The third-order valence-corrected chi connectivity index (χ3v) is 6.78. The molecule has 0 aromatic carbocycles. The van der Waals surface area contributed by atoms with E-state index < -0.39 is 0 Å². The highest BCUT2D eigenvalue weighted by Crippen LogP contribution is 2.47. The van der Waals surface area contributed by atoms with Gasteiger partial charge in [-0.05, 0) is 57.4 Å². The van der Waals surface area contributed by atoms with E-state index in [1.165, 1.54) is 62.1 Å². The summed E-state index contributed by atoms with van der Waals surface area (Å²) in [6, 6.07) is 0. The fraction of sp³-hybridized carbons (Fsp3) is 0.824. The lowest BCUT2D eigenvalue weighted by Crippen LogP contribution is -2.50. The monoisotopic (exact) mass is 292 g/mol. The first-order chi connectivity index (χ1) is 9.67. The van der Waals surface area contributed by atoms with Gasteiger partial charge >= 0.3 is 0 Å². The summed E-state index contributed by atoms with van der Waals surface area (Å²) in [5.41, 5.74) is 1.56. The molecule has 3 heteroatoms. The third kappa shape index (κ3) is 2.33. The Morgan fingerprint density at radius 3 is 2.70 bits per heavy atom. The summed E-state index contributed by atoms with van der Waals surface area (Å²) in [5.74, 6) is 1.46. The van der Waals surface area contributed by atoms with Gasteiger partial charge in [-0.3, -0.25) is 0 Å². The molecule has 2 aliphatic rings. The van der Waals surface area contributed by atoms with Gasteiger partial charge in [0.15, 0.2) is 0 Å². The Kier molecular flexibility index (Phi) is 4.19. The van der Waals surface area contributed by atoms with Crippen LogP contribution >= 0.6 is 11.3 Å². The quantitative estimate of drug-likeness (QED) is 0.899. The molecule has 0 bridgehead atoms. The molecule has 20 heavy (non-hydrogen) atoms. The van der Waals surface area contributed by atoms with Crippen molar-refractivity contribution in [3.8, 4) is 0 Å². The van der Waals surface area contributed by atoms with Crippen LogP contribution in [-0.2, 0) is 18.4 Å². The van der Waals surface area contributed by atoms with Crippen LogP contribution in [0.15, 0.2) is 0 Å². The van der Waals surface area contributed by atoms with E-state index in [0.717, 1.165) is 11.8 Å². The lowest BCUT2D eigenvalue weighted by molar-refractivity contribution is 0.108. The fourth-order valence-corrected chi connectivity index (χ4v) is 5.77. The Bertz CT molecular complexity index is 442. The lowest BCUT2D eigenvalue weighted by atomic mass is 9.68. The van der Waals surface area contributed by atoms with E-state index in [0.29, 0.717) is 0 Å². The Morgan fingerprint density at radius 1 is 1.20 bits per heavy atom. The topological polar surface area (TPSA) is 24.9 Å². The molecule has 0 spiro atoms. The van der Waals surface area contributed by atoms with Crippen LogP contribution in [-0.4, -0.2) is 12.0 Å². The average Bonchev–Trinajstić information content (AvgIpc) is 2.91. The van der Waals surface area contributed by atoms with Crippen molar-refractivity contribution in [2.45, 2.75) is 70.8 Å². The van der Waals surface area contributed by atoms with Gasteiger partial charge in [-0.1, -0.05) is 26.7 Å². The lowest BCUT2D eigenvalue weighted by Gasteiger charge is -2.45. The standard InChI is InChI=1S/C17H28N2S/c1-12(2)13-8-6-7-11-17(13,18-3)16-19-14-9-4-5-10-15(14)20-16/h12-13,18H,4-11H2,1-3H3. The molecule has 3 rings (SSSR count). The summed E-state index contributed by atoms with van der Waals surface area (Å²) in [5, 5.41) is 5.12. The Labute approximate surface area is 127 Å². The van der Waals surface area contributed by atoms with Gasteiger partial charge in [-0.15, -0.1) is 11.3 Å². The number of aromatic nitrogens is 1. The van der Waals surface area contributed by atoms with Gasteiger partial charge in [0.25, 0.3) is 0 Å². The molecule has 1 heterocycles. The SMILES string of the molecule is CNC1(c2nc3c(s2)CCCC3)CCCCC1C(C)C. The smallest absolute Gasteiger partial charge is 0.114 e. The molecule has 2 unspecified atom stereocenters. The van der Waals surface area contributed by atoms with Crippen LogP contribution in [0.25, 0.3) is 0 Å². The molecule has 0 aliphatic heterocycles. The minimum absolute atomic E-state index is 0.147. The molecule has 1 N–H and O–H groups in total. The summed E-state index contributed by atoms with van der Waals surface area (Å²) >= 11 is 2.01. The number of rotatable bonds is 3. The van der Waals surface area contributed by atoms with Gasteiger partial charge in [0, 0.05) is 4.88 Å². The molecule has 1 fully saturated rings. The van der Waals surface area contributed by atoms with Crippen LogP contribution in [0, 0.1) is 11.8 Å². The Hall–Kier alpha value is -0.410. The van der Waals surface area contributed by atoms with Gasteiger partial charge in [0.1, 0.15) is 5.01 Å². The van der Waals surface area contributed by atoms with Crippen LogP contribution in [0.1, 0.15) is 68.0 Å². The van der Waals surface area contributed by atoms with Crippen molar-refractivity contribution in [3.63, 3.8) is 0 Å². The molecular formula is C17H28N2S. The second kappa shape index (κ2) is 5.76. The summed E-state index contributed by atoms with van der Waals surface area (Å²) in [7, 11) is 2.15. The number of nitrogens with one attached hydrogen (secondary N) is 1. The molecular weight excluding hydrogens is 264 g/mol. The van der Waals surface area contributed by atoms with E-state index in [-0.39, 0.29) is 5.54 Å². The number of aryl methyl sites for hydroxylation is 2. The summed E-state index contributed by atoms with van der Waals surface area (Å²) in [6.07, 6.45) is 10.5. The highest BCUT2D eigenvalue weighted by Gasteiger charge is 2.45. The fourth-order valence-electron chi connectivity index (χ4n) is 4.33. The van der Waals surface area contributed by atoms with Crippen molar-refractivity contribution in [1.29, 1.82) is 0 Å². The molecule has 1 aromatic heterocycles. The van der Waals surface area contributed by atoms with Gasteiger partial charge in [-0.2, -0.15) is 0 Å². The second-order valence-electron chi connectivity index (χ2n) is 6.91. The number of hydrogen-bond donors (Lipinski definition) is 1. The number of hydrogen-bond acceptors (Lipinski definition) is 3. The summed E-state index contributed by atoms with van der Waals surface area (Å²) < 4.78 is 0. The van der Waals surface area contributed by atoms with Gasteiger partial charge < -0.3 is 5.32 Å². The van der Waals surface area contributed by atoms with E-state index in [9.17, 15) is 0 Å². The second-order valence-corrected chi connectivity index (χ2v) is 8.00. The predicted molar refractivity (Wildman–Crippen MR) is 86.3 cm³/mol. The molecule has 1 aromatic rings. The van der Waals surface area contributed by atoms with Crippen LogP contribution in [0.5, 0.6) is 0 Å². The van der Waals surface area contributed by atoms with Crippen LogP contribution in [0.2, 0.25) is 0 Å². The molecule has 112 valence electrons. The zero-order valence-corrected chi connectivity index (χ0v) is 14.0. The first-order valence-corrected chi connectivity index (χ1v) is 9.17. The minimum Gasteiger partial charge on any atom is -0.308 e. The number of thiazole rings is 1. The van der Waals surface area contributed by atoms with E-state index in [2.05, 4.69) is 26.2 Å². The van der Waals surface area contributed by atoms with Crippen molar-refractivity contribution < 1.29 is 0 Å². The van der Waals surface area contributed by atoms with E-state index in [4.69, 9.17) is 4.98 Å². The van der Waals surface area contributed by atoms with Gasteiger partial charge in [-0.25, -0.2) is 4.98 Å². The maximum Gasteiger partial charge on any atom is 0.114 e. The van der Waals surface area contributed by atoms with Crippen molar-refractivity contribution in [1.82, 2.24) is 10.3 Å². The minimum atomic E-state index is 0.147. The van der Waals surface area contributed by atoms with E-state index in [1.807, 2.05) is 11.3 Å². The third-order valence-electron chi connectivity index (χ3n) is 5.45. The molecule has 1 saturated carbocycles. The van der Waals surface area contributed by atoms with Crippen molar-refractivity contribution >= 4 is 11.3 Å². The zero-order chi connectivity index (χ0) is 14.2. The molecule has 0 saturated heterocycles. The van der Waals surface area contributed by atoms with Crippen molar-refractivity contribution in [3.05, 3.63) is 15.6 Å². The van der Waals surface area contributed by atoms with Crippen LogP contribution in [0.3, 0.4) is 0 Å². The zero-order valence-electron chi connectivity index (χ0n) is 13.2.